The van der Waals surface area contributed by atoms with Gasteiger partial charge in [-0.15, -0.1) is 0 Å². The Morgan fingerprint density at radius 2 is 1.90 bits per heavy atom. The van der Waals surface area contributed by atoms with Gasteiger partial charge in [0.05, 0.1) is 22.4 Å². The van der Waals surface area contributed by atoms with E-state index in [9.17, 15) is 0 Å². The summed E-state index contributed by atoms with van der Waals surface area (Å²) in [4.78, 5) is 9.04. The largest absolute Gasteiger partial charge is 0.457 e. The second-order valence-corrected chi connectivity index (χ2v) is 7.80. The molecule has 2 aromatic heterocycles. The van der Waals surface area contributed by atoms with Gasteiger partial charge in [0.15, 0.2) is 0 Å². The smallest absolute Gasteiger partial charge is 0.208 e. The summed E-state index contributed by atoms with van der Waals surface area (Å²) in [5.41, 5.74) is 5.48. The first-order chi connectivity index (χ1) is 14.4. The number of imidazole rings is 1. The molecule has 0 unspecified atom stereocenters. The van der Waals surface area contributed by atoms with Gasteiger partial charge in [-0.1, -0.05) is 22.5 Å². The van der Waals surface area contributed by atoms with Gasteiger partial charge < -0.3 is 19.9 Å². The minimum absolute atomic E-state index is 0.690. The molecule has 6 nitrogen and oxygen atoms in total. The number of fused-ring (bicyclic) bond motifs is 1. The van der Waals surface area contributed by atoms with E-state index in [-0.39, 0.29) is 0 Å². The minimum atomic E-state index is 0.690. The highest BCUT2D eigenvalue weighted by atomic mass is 79.9. The number of halogens is 1. The zero-order valence-corrected chi connectivity index (χ0v) is 18.6. The van der Waals surface area contributed by atoms with Gasteiger partial charge in [0.25, 0.3) is 0 Å². The fourth-order valence-electron chi connectivity index (χ4n) is 3.11. The molecule has 0 aliphatic carbocycles. The number of benzene rings is 2. The number of nitrogens with one attached hydrogen (secondary N) is 2. The molecule has 152 valence electrons. The number of hydrogen-bond donors (Lipinski definition) is 2. The molecule has 0 aliphatic heterocycles. The Kier molecular flexibility index (Phi) is 5.46. The quantitative estimate of drug-likeness (QED) is 0.380. The van der Waals surface area contributed by atoms with E-state index < -0.39 is 0 Å². The summed E-state index contributed by atoms with van der Waals surface area (Å²) in [6.45, 7) is 6.00. The van der Waals surface area contributed by atoms with Crippen molar-refractivity contribution >= 4 is 44.3 Å². The van der Waals surface area contributed by atoms with E-state index in [1.165, 1.54) is 0 Å². The summed E-state index contributed by atoms with van der Waals surface area (Å²) in [5.74, 6) is 2.16. The van der Waals surface area contributed by atoms with Gasteiger partial charge in [-0.05, 0) is 48.9 Å². The molecule has 4 rings (SSSR count). The molecule has 2 aromatic carbocycles. The lowest BCUT2D eigenvalue weighted by Gasteiger charge is -2.09. The molecule has 0 saturated heterocycles. The highest BCUT2D eigenvalue weighted by Crippen LogP contribution is 2.29. The summed E-state index contributed by atoms with van der Waals surface area (Å²) >= 11 is 3.53. The van der Waals surface area contributed by atoms with Crippen molar-refractivity contribution in [2.75, 3.05) is 12.4 Å². The average molecular weight is 464 g/mol. The standard InChI is InChI=1S/C23H22BrN5O/c1-14-11-16(5-7-19(14)24)27-23-28-21-13-17(6-8-22(21)29(23)4)30-18-9-10-26-20(12-18)15(2)25-3/h5-13,25H,2H2,1,3-4H3,(H,27,28). The van der Waals surface area contributed by atoms with E-state index in [1.54, 1.807) is 6.20 Å². The first kappa shape index (κ1) is 20.0. The molecule has 0 bridgehead atoms. The van der Waals surface area contributed by atoms with Crippen LogP contribution in [-0.4, -0.2) is 21.6 Å². The monoisotopic (exact) mass is 463 g/mol. The van der Waals surface area contributed by atoms with Crippen molar-refractivity contribution in [3.8, 4) is 11.5 Å². The SMILES string of the molecule is C=C(NC)c1cc(Oc2ccc3c(c2)nc(Nc2ccc(Br)c(C)c2)n3C)ccn1. The van der Waals surface area contributed by atoms with Gasteiger partial charge in [-0.25, -0.2) is 4.98 Å². The molecule has 0 saturated carbocycles. The second-order valence-electron chi connectivity index (χ2n) is 6.94. The van der Waals surface area contributed by atoms with Crippen LogP contribution in [0.5, 0.6) is 11.5 Å². The van der Waals surface area contributed by atoms with Gasteiger partial charge in [-0.3, -0.25) is 4.98 Å². The lowest BCUT2D eigenvalue weighted by molar-refractivity contribution is 0.482. The zero-order valence-electron chi connectivity index (χ0n) is 17.0. The van der Waals surface area contributed by atoms with Gasteiger partial charge in [0.2, 0.25) is 5.95 Å². The zero-order chi connectivity index (χ0) is 21.3. The number of hydrogen-bond acceptors (Lipinski definition) is 5. The van der Waals surface area contributed by atoms with Crippen molar-refractivity contribution in [1.82, 2.24) is 19.9 Å². The van der Waals surface area contributed by atoms with Gasteiger partial charge in [-0.2, -0.15) is 0 Å². The van der Waals surface area contributed by atoms with Crippen LogP contribution in [-0.2, 0) is 7.05 Å². The van der Waals surface area contributed by atoms with Crippen molar-refractivity contribution in [2.45, 2.75) is 6.92 Å². The van der Waals surface area contributed by atoms with Crippen molar-refractivity contribution in [3.63, 3.8) is 0 Å². The molecule has 4 aromatic rings. The Morgan fingerprint density at radius 1 is 1.10 bits per heavy atom. The number of ether oxygens (including phenoxy) is 1. The molecule has 0 aliphatic rings. The Bertz CT molecular complexity index is 1250. The third-order valence-corrected chi connectivity index (χ3v) is 5.73. The predicted octanol–water partition coefficient (Wildman–Crippen LogP) is 5.77. The Morgan fingerprint density at radius 3 is 2.67 bits per heavy atom. The molecule has 30 heavy (non-hydrogen) atoms. The van der Waals surface area contributed by atoms with Crippen LogP contribution in [0.4, 0.5) is 11.6 Å². The van der Waals surface area contributed by atoms with Gasteiger partial charge in [0.1, 0.15) is 11.5 Å². The van der Waals surface area contributed by atoms with Crippen molar-refractivity contribution < 1.29 is 4.74 Å². The number of rotatable bonds is 6. The number of pyridine rings is 1. The van der Waals surface area contributed by atoms with Crippen LogP contribution in [0.3, 0.4) is 0 Å². The number of anilines is 2. The summed E-state index contributed by atoms with van der Waals surface area (Å²) in [5, 5.41) is 6.39. The number of aryl methyl sites for hydroxylation is 2. The first-order valence-corrected chi connectivity index (χ1v) is 10.2. The molecular weight excluding hydrogens is 442 g/mol. The third-order valence-electron chi connectivity index (χ3n) is 4.84. The molecule has 0 spiro atoms. The van der Waals surface area contributed by atoms with Crippen LogP contribution in [0.25, 0.3) is 16.7 Å². The maximum Gasteiger partial charge on any atom is 0.208 e. The lowest BCUT2D eigenvalue weighted by Crippen LogP contribution is -2.04. The van der Waals surface area contributed by atoms with Crippen molar-refractivity contribution in [2.24, 2.45) is 7.05 Å². The molecule has 7 heteroatoms. The molecule has 2 N–H and O–H groups in total. The number of aromatic nitrogens is 3. The molecular formula is C23H22BrN5O. The van der Waals surface area contributed by atoms with Crippen LogP contribution < -0.4 is 15.4 Å². The third kappa shape index (κ3) is 4.02. The average Bonchev–Trinajstić information content (AvgIpc) is 3.05. The molecule has 0 radical (unpaired) electrons. The topological polar surface area (TPSA) is 64.0 Å². The van der Waals surface area contributed by atoms with E-state index >= 15 is 0 Å². The van der Waals surface area contributed by atoms with E-state index in [1.807, 2.05) is 61.1 Å². The van der Waals surface area contributed by atoms with E-state index in [0.717, 1.165) is 44.1 Å². The molecule has 2 heterocycles. The van der Waals surface area contributed by atoms with E-state index in [0.29, 0.717) is 11.5 Å². The molecule has 0 amide bonds. The second kappa shape index (κ2) is 8.20. The van der Waals surface area contributed by atoms with Crippen LogP contribution in [0.2, 0.25) is 0 Å². The van der Waals surface area contributed by atoms with Crippen LogP contribution in [0.15, 0.2) is 65.8 Å². The van der Waals surface area contributed by atoms with Gasteiger partial charge in [0, 0.05) is 42.6 Å². The van der Waals surface area contributed by atoms with Gasteiger partial charge >= 0.3 is 0 Å². The maximum absolute atomic E-state index is 6.03. The summed E-state index contributed by atoms with van der Waals surface area (Å²) in [7, 11) is 3.80. The first-order valence-electron chi connectivity index (χ1n) is 9.45. The predicted molar refractivity (Wildman–Crippen MR) is 125 cm³/mol. The minimum Gasteiger partial charge on any atom is -0.457 e. The fraction of sp³-hybridized carbons (Fsp3) is 0.130. The lowest BCUT2D eigenvalue weighted by atomic mass is 10.2. The van der Waals surface area contributed by atoms with Crippen molar-refractivity contribution in [3.05, 3.63) is 77.0 Å². The van der Waals surface area contributed by atoms with Crippen LogP contribution in [0, 0.1) is 6.92 Å². The summed E-state index contributed by atoms with van der Waals surface area (Å²) < 4.78 is 9.14. The Hall–Kier alpha value is -3.32. The van der Waals surface area contributed by atoms with E-state index in [2.05, 4.69) is 51.1 Å². The highest BCUT2D eigenvalue weighted by molar-refractivity contribution is 9.10. The van der Waals surface area contributed by atoms with Crippen LogP contribution >= 0.6 is 15.9 Å². The van der Waals surface area contributed by atoms with Crippen molar-refractivity contribution in [1.29, 1.82) is 0 Å². The fourth-order valence-corrected chi connectivity index (χ4v) is 3.36. The highest BCUT2D eigenvalue weighted by Gasteiger charge is 2.10. The Balaban J connectivity index is 1.60. The molecule has 0 fully saturated rings. The number of nitrogens with zero attached hydrogens (tertiary/aromatic N) is 3. The maximum atomic E-state index is 6.03. The van der Waals surface area contributed by atoms with E-state index in [4.69, 9.17) is 9.72 Å². The summed E-state index contributed by atoms with van der Waals surface area (Å²) in [6, 6.07) is 15.7. The Labute approximate surface area is 183 Å². The molecule has 0 atom stereocenters. The normalized spacial score (nSPS) is 10.8. The van der Waals surface area contributed by atoms with Crippen LogP contribution in [0.1, 0.15) is 11.3 Å². The summed E-state index contributed by atoms with van der Waals surface area (Å²) in [6.07, 6.45) is 1.70.